The first-order valence-corrected chi connectivity index (χ1v) is 46.2. The average Bonchev–Trinajstić information content (AvgIpc) is 3.08. The zero-order valence-corrected chi connectivity index (χ0v) is 59.4. The molecule has 0 aliphatic carbocycles. The van der Waals surface area contributed by atoms with E-state index in [0.29, 0.717) is 13.0 Å². The molecule has 0 bridgehead atoms. The van der Waals surface area contributed by atoms with Crippen molar-refractivity contribution in [3.63, 3.8) is 0 Å². The predicted octanol–water partition coefficient (Wildman–Crippen LogP) is 17.2. The van der Waals surface area contributed by atoms with Gasteiger partial charge in [-0.05, 0) is 144 Å². The van der Waals surface area contributed by atoms with Gasteiger partial charge in [0.25, 0.3) is 0 Å². The highest BCUT2D eigenvalue weighted by Crippen LogP contribution is 2.45. The summed E-state index contributed by atoms with van der Waals surface area (Å²) in [5, 5.41) is 0.270. The average molecular weight is 1120 g/mol. The first-order chi connectivity index (χ1) is 31.6. The topological polar surface area (TPSA) is 83.1 Å². The van der Waals surface area contributed by atoms with E-state index in [0.717, 1.165) is 38.5 Å². The minimum Gasteiger partial charge on any atom is -0.414 e. The lowest BCUT2D eigenvalue weighted by Gasteiger charge is -2.47. The van der Waals surface area contributed by atoms with Gasteiger partial charge in [-0.25, -0.2) is 0 Å². The lowest BCUT2D eigenvalue weighted by Crippen LogP contribution is -2.52. The first kappa shape index (κ1) is 68.6. The molecular weight excluding hydrogens is 997 g/mol. The van der Waals surface area contributed by atoms with E-state index in [1.54, 1.807) is 0 Å². The van der Waals surface area contributed by atoms with Crippen molar-refractivity contribution >= 4 is 49.7 Å². The van der Waals surface area contributed by atoms with Gasteiger partial charge in [0.15, 0.2) is 53.2 Å². The van der Waals surface area contributed by atoms with Crippen molar-refractivity contribution in [3.8, 4) is 11.5 Å². The Kier molecular flexibility index (Phi) is 22.9. The maximum absolute atomic E-state index is 7.50. The minimum absolute atomic E-state index is 0.0247. The molecule has 2 rings (SSSR count). The molecule has 72 heavy (non-hydrogen) atoms. The fourth-order valence-electron chi connectivity index (χ4n) is 8.23. The van der Waals surface area contributed by atoms with Crippen molar-refractivity contribution in [2.24, 2.45) is 0 Å². The van der Waals surface area contributed by atoms with Gasteiger partial charge in [-0.3, -0.25) is 0 Å². The molecule has 9 nitrogen and oxygen atoms in total. The number of hydrogen-bond acceptors (Lipinski definition) is 9. The van der Waals surface area contributed by atoms with Gasteiger partial charge in [0, 0.05) is 25.4 Å². The quantitative estimate of drug-likeness (QED) is 0.0824. The Morgan fingerprint density at radius 2 is 0.708 bits per heavy atom. The number of hydrogen-bond donors (Lipinski definition) is 0. The Labute approximate surface area is 453 Å². The number of ether oxygens (including phenoxy) is 4. The third-order valence-electron chi connectivity index (χ3n) is 17.5. The minimum atomic E-state index is -2.24. The van der Waals surface area contributed by atoms with Crippen LogP contribution in [0.1, 0.15) is 176 Å². The molecule has 2 aliphatic rings. The molecule has 0 unspecified atom stereocenters. The smallest absolute Gasteiger partial charge is 0.193 e. The van der Waals surface area contributed by atoms with E-state index >= 15 is 0 Å². The van der Waals surface area contributed by atoms with Crippen molar-refractivity contribution < 1.29 is 41.1 Å². The Hall–Kier alpha value is 0.501. The normalized spacial score (nSPS) is 24.3. The SMILES string of the molecule is CC1(C)O[C@@H](C[C@H](C#C[Si](C)(C)C)O[Si](C)(C)C(C)(C)C)C[C@@H](C[C@H](C[C@H]2C[C@@H](C[C@H](C[C@H](CO[Si](C)(C)C(C)(C)C)O[Si](C)(C)C(C)(C)C)O[Si](C)(C)C(C)(C)C)OC(C)(C)O2)O[Si](C)(C)C(C)(C)C)O1. The predicted molar refractivity (Wildman–Crippen MR) is 323 cm³/mol. The molecule has 0 aromatic carbocycles. The lowest BCUT2D eigenvalue weighted by molar-refractivity contribution is -0.310. The summed E-state index contributed by atoms with van der Waals surface area (Å²) in [7, 11) is -12.5. The molecule has 0 amide bonds. The van der Waals surface area contributed by atoms with Crippen LogP contribution in [0.4, 0.5) is 0 Å². The van der Waals surface area contributed by atoms with Crippen molar-refractivity contribution in [1.82, 2.24) is 0 Å². The molecule has 0 N–H and O–H groups in total. The fraction of sp³-hybridized carbons (Fsp3) is 0.965. The van der Waals surface area contributed by atoms with Crippen molar-refractivity contribution in [2.45, 2.75) is 347 Å². The zero-order valence-electron chi connectivity index (χ0n) is 53.4. The molecule has 8 atom stereocenters. The Morgan fingerprint density at radius 1 is 0.417 bits per heavy atom. The molecule has 0 saturated carbocycles. The highest BCUT2D eigenvalue weighted by Gasteiger charge is 2.48. The second kappa shape index (κ2) is 24.1. The van der Waals surface area contributed by atoms with Crippen molar-refractivity contribution in [2.75, 3.05) is 6.61 Å². The van der Waals surface area contributed by atoms with Gasteiger partial charge in [0.1, 0.15) is 14.2 Å². The molecular formula is C57H120O9Si6. The van der Waals surface area contributed by atoms with Crippen molar-refractivity contribution in [1.29, 1.82) is 0 Å². The summed E-state index contributed by atoms with van der Waals surface area (Å²) < 4.78 is 64.0. The molecule has 2 aliphatic heterocycles. The van der Waals surface area contributed by atoms with Gasteiger partial charge in [-0.15, -0.1) is 5.54 Å². The van der Waals surface area contributed by atoms with E-state index in [2.05, 4.69) is 228 Å². The van der Waals surface area contributed by atoms with Crippen LogP contribution in [0, 0.1) is 11.5 Å². The lowest BCUT2D eigenvalue weighted by atomic mass is 9.93. The van der Waals surface area contributed by atoms with E-state index in [1.807, 2.05) is 0 Å². The fourth-order valence-corrected chi connectivity index (χ4v) is 15.2. The van der Waals surface area contributed by atoms with E-state index in [9.17, 15) is 0 Å². The summed E-state index contributed by atoms with van der Waals surface area (Å²) in [5.41, 5.74) is 3.66. The molecule has 0 aromatic rings. The zero-order chi connectivity index (χ0) is 56.6. The maximum Gasteiger partial charge on any atom is 0.193 e. The van der Waals surface area contributed by atoms with Crippen LogP contribution in [0.5, 0.6) is 0 Å². The Balaban J connectivity index is 2.61. The molecule has 2 saturated heterocycles. The van der Waals surface area contributed by atoms with E-state index < -0.39 is 61.2 Å². The third kappa shape index (κ3) is 21.6. The van der Waals surface area contributed by atoms with Gasteiger partial charge >= 0.3 is 0 Å². The van der Waals surface area contributed by atoms with E-state index in [4.69, 9.17) is 41.1 Å². The molecule has 0 spiro atoms. The van der Waals surface area contributed by atoms with Crippen LogP contribution in [0.15, 0.2) is 0 Å². The molecule has 2 fully saturated rings. The molecule has 2 heterocycles. The summed E-state index contributed by atoms with van der Waals surface area (Å²) in [4.78, 5) is 0. The van der Waals surface area contributed by atoms with Gasteiger partial charge in [0.05, 0.1) is 43.2 Å². The summed E-state index contributed by atoms with van der Waals surface area (Å²) in [6, 6.07) is 0. The monoisotopic (exact) mass is 1120 g/mol. The second-order valence-corrected chi connectivity index (χ2v) is 60.5. The first-order valence-electron chi connectivity index (χ1n) is 28.2. The van der Waals surface area contributed by atoms with Crippen LogP contribution < -0.4 is 0 Å². The van der Waals surface area contributed by atoms with E-state index in [1.165, 1.54) is 0 Å². The highest BCUT2D eigenvalue weighted by atomic mass is 28.4. The number of rotatable bonds is 21. The summed E-state index contributed by atoms with van der Waals surface area (Å²) in [6.45, 7) is 74.2. The molecule has 0 aromatic heterocycles. The summed E-state index contributed by atoms with van der Waals surface area (Å²) >= 11 is 0. The van der Waals surface area contributed by atoms with Crippen LogP contribution in [-0.2, 0) is 41.1 Å². The molecule has 15 heteroatoms. The van der Waals surface area contributed by atoms with Crippen LogP contribution >= 0.6 is 0 Å². The van der Waals surface area contributed by atoms with Crippen LogP contribution in [0.25, 0.3) is 0 Å². The standard InChI is InChI=1S/C57H120O9Si6/c1-51(2,3)68(23,24)58-42-50(66-72(31,32)55(13,14)15)41-49(65-71(29,30)54(10,11)12)40-47-37-46(61-57(18,19)62-47)39-48(64-70(27,28)53(7,8)9)38-45-36-44(59-56(16,17)60-45)35-43(33-34-67(20,21)22)63-69(25,26)52(4,5)6/h43-50H,35-42H2,1-32H3/t43-,44-,45-,46+,47-,48+,49+,50+/m0/s1. The van der Waals surface area contributed by atoms with Crippen LogP contribution in [-0.4, -0.2) is 117 Å². The summed E-state index contributed by atoms with van der Waals surface area (Å²) in [5.74, 6) is 2.08. The van der Waals surface area contributed by atoms with Gasteiger partial charge < -0.3 is 41.1 Å². The molecule has 0 radical (unpaired) electrons. The van der Waals surface area contributed by atoms with Gasteiger partial charge in [-0.1, -0.05) is 129 Å². The maximum atomic E-state index is 7.50. The Morgan fingerprint density at radius 3 is 1.04 bits per heavy atom. The van der Waals surface area contributed by atoms with Gasteiger partial charge in [0.2, 0.25) is 0 Å². The van der Waals surface area contributed by atoms with Crippen molar-refractivity contribution in [3.05, 3.63) is 0 Å². The van der Waals surface area contributed by atoms with Gasteiger partial charge in [-0.2, -0.15) is 0 Å². The largest absolute Gasteiger partial charge is 0.414 e. The third-order valence-corrected chi connectivity index (χ3v) is 41.0. The van der Waals surface area contributed by atoms with Crippen LogP contribution in [0.2, 0.25) is 110 Å². The molecule has 426 valence electrons. The van der Waals surface area contributed by atoms with E-state index in [-0.39, 0.29) is 74.0 Å². The Bertz CT molecular complexity index is 1760. The second-order valence-electron chi connectivity index (χ2n) is 31.9. The highest BCUT2D eigenvalue weighted by molar-refractivity contribution is 6.84. The van der Waals surface area contributed by atoms with Crippen LogP contribution in [0.3, 0.4) is 0 Å². The summed E-state index contributed by atoms with van der Waals surface area (Å²) in [6.07, 6.45) is 4.38.